The van der Waals surface area contributed by atoms with Crippen LogP contribution in [0.15, 0.2) is 84.6 Å². The molecule has 0 radical (unpaired) electrons. The fourth-order valence-electron chi connectivity index (χ4n) is 3.33. The minimum atomic E-state index is -0.523. The molecule has 6 heteroatoms. The van der Waals surface area contributed by atoms with Crippen LogP contribution in [0.3, 0.4) is 0 Å². The van der Waals surface area contributed by atoms with Crippen molar-refractivity contribution >= 4 is 29.5 Å². The Balaban J connectivity index is 1.83. The molecule has 0 aliphatic rings. The zero-order chi connectivity index (χ0) is 23.8. The Hall–Kier alpha value is -4.19. The van der Waals surface area contributed by atoms with Crippen molar-refractivity contribution < 1.29 is 14.4 Å². The van der Waals surface area contributed by atoms with Crippen molar-refractivity contribution in [2.45, 2.75) is 26.8 Å². The van der Waals surface area contributed by atoms with Gasteiger partial charge in [0.25, 0.3) is 11.8 Å². The lowest BCUT2D eigenvalue weighted by Crippen LogP contribution is -2.31. The number of amides is 3. The molecule has 0 aliphatic heterocycles. The zero-order valence-corrected chi connectivity index (χ0v) is 18.9. The molecule has 0 saturated heterocycles. The first kappa shape index (κ1) is 23.5. The number of hydrogen-bond donors (Lipinski definition) is 3. The van der Waals surface area contributed by atoms with Gasteiger partial charge in [-0.2, -0.15) is 0 Å². The number of benzene rings is 3. The molecule has 3 aromatic carbocycles. The van der Waals surface area contributed by atoms with Crippen LogP contribution >= 0.6 is 0 Å². The topological polar surface area (TPSA) is 87.3 Å². The SMILES string of the molecule is CC(=O)NC(=Cc1ccccc1C)C(=O)Nc1ccccc1C(=O)NC(C)c1ccccc1. The van der Waals surface area contributed by atoms with E-state index in [2.05, 4.69) is 16.0 Å². The molecule has 1 atom stereocenters. The summed E-state index contributed by atoms with van der Waals surface area (Å²) >= 11 is 0. The molecular weight excluding hydrogens is 414 g/mol. The van der Waals surface area contributed by atoms with Crippen molar-refractivity contribution in [1.82, 2.24) is 10.6 Å². The normalized spacial score (nSPS) is 11.9. The first-order valence-corrected chi connectivity index (χ1v) is 10.7. The van der Waals surface area contributed by atoms with Crippen LogP contribution in [-0.2, 0) is 9.59 Å². The maximum absolute atomic E-state index is 13.1. The number of carbonyl (C=O) groups excluding carboxylic acids is 3. The lowest BCUT2D eigenvalue weighted by Gasteiger charge is -2.17. The van der Waals surface area contributed by atoms with E-state index < -0.39 is 5.91 Å². The van der Waals surface area contributed by atoms with Gasteiger partial charge >= 0.3 is 0 Å². The average molecular weight is 442 g/mol. The van der Waals surface area contributed by atoms with E-state index in [0.717, 1.165) is 16.7 Å². The van der Waals surface area contributed by atoms with Crippen LogP contribution in [0.25, 0.3) is 6.08 Å². The maximum Gasteiger partial charge on any atom is 0.272 e. The van der Waals surface area contributed by atoms with Crippen molar-refractivity contribution in [2.75, 3.05) is 5.32 Å². The fraction of sp³-hybridized carbons (Fsp3) is 0.148. The summed E-state index contributed by atoms with van der Waals surface area (Å²) in [6.07, 6.45) is 1.62. The van der Waals surface area contributed by atoms with Gasteiger partial charge in [-0.15, -0.1) is 0 Å². The van der Waals surface area contributed by atoms with Gasteiger partial charge < -0.3 is 16.0 Å². The molecule has 0 saturated carbocycles. The van der Waals surface area contributed by atoms with Gasteiger partial charge in [0, 0.05) is 6.92 Å². The van der Waals surface area contributed by atoms with Crippen molar-refractivity contribution in [3.8, 4) is 0 Å². The summed E-state index contributed by atoms with van der Waals surface area (Å²) in [6, 6.07) is 23.7. The summed E-state index contributed by atoms with van der Waals surface area (Å²) in [4.78, 5) is 37.7. The quantitative estimate of drug-likeness (QED) is 0.468. The third-order valence-electron chi connectivity index (χ3n) is 5.11. The number of anilines is 1. The number of aryl methyl sites for hydroxylation is 1. The summed E-state index contributed by atoms with van der Waals surface area (Å²) in [5.74, 6) is -1.20. The second kappa shape index (κ2) is 10.9. The number of rotatable bonds is 7. The molecule has 0 fully saturated rings. The van der Waals surface area contributed by atoms with Gasteiger partial charge in [0.05, 0.1) is 17.3 Å². The average Bonchev–Trinajstić information content (AvgIpc) is 2.80. The van der Waals surface area contributed by atoms with Gasteiger partial charge in [-0.1, -0.05) is 66.7 Å². The summed E-state index contributed by atoms with van der Waals surface area (Å²) in [5.41, 5.74) is 3.50. The summed E-state index contributed by atoms with van der Waals surface area (Å²) < 4.78 is 0. The molecule has 3 aromatic rings. The highest BCUT2D eigenvalue weighted by atomic mass is 16.2. The van der Waals surface area contributed by atoms with Crippen LogP contribution in [0.5, 0.6) is 0 Å². The molecule has 0 aliphatic carbocycles. The summed E-state index contributed by atoms with van der Waals surface area (Å²) in [7, 11) is 0. The van der Waals surface area contributed by atoms with Crippen molar-refractivity contribution in [1.29, 1.82) is 0 Å². The van der Waals surface area contributed by atoms with E-state index in [-0.39, 0.29) is 23.6 Å². The third-order valence-corrected chi connectivity index (χ3v) is 5.11. The Morgan fingerprint density at radius 1 is 0.848 bits per heavy atom. The Kier molecular flexibility index (Phi) is 7.76. The van der Waals surface area contributed by atoms with Gasteiger partial charge in [-0.05, 0) is 48.7 Å². The first-order valence-electron chi connectivity index (χ1n) is 10.7. The van der Waals surface area contributed by atoms with Crippen LogP contribution in [0, 0.1) is 6.92 Å². The molecule has 33 heavy (non-hydrogen) atoms. The van der Waals surface area contributed by atoms with Gasteiger partial charge in [-0.25, -0.2) is 0 Å². The minimum Gasteiger partial charge on any atom is -0.345 e. The van der Waals surface area contributed by atoms with Gasteiger partial charge in [-0.3, -0.25) is 14.4 Å². The van der Waals surface area contributed by atoms with E-state index in [0.29, 0.717) is 11.3 Å². The standard InChI is InChI=1S/C27H27N3O3/c1-18-11-7-8-14-22(18)17-25(29-20(3)31)27(33)30-24-16-10-9-15-23(24)26(32)28-19(2)21-12-5-4-6-13-21/h4-17,19H,1-3H3,(H,28,32)(H,29,31)(H,30,33). The summed E-state index contributed by atoms with van der Waals surface area (Å²) in [5, 5.41) is 8.31. The molecule has 168 valence electrons. The number of hydrogen-bond acceptors (Lipinski definition) is 3. The van der Waals surface area contributed by atoms with Gasteiger partial charge in [0.1, 0.15) is 5.70 Å². The molecule has 6 nitrogen and oxygen atoms in total. The van der Waals surface area contributed by atoms with Crippen molar-refractivity contribution in [2.24, 2.45) is 0 Å². The lowest BCUT2D eigenvalue weighted by molar-refractivity contribution is -0.120. The lowest BCUT2D eigenvalue weighted by atomic mass is 10.1. The van der Waals surface area contributed by atoms with E-state index in [4.69, 9.17) is 0 Å². The predicted molar refractivity (Wildman–Crippen MR) is 130 cm³/mol. The first-order chi connectivity index (χ1) is 15.8. The van der Waals surface area contributed by atoms with Crippen molar-refractivity contribution in [3.05, 3.63) is 107 Å². The van der Waals surface area contributed by atoms with E-state index in [1.54, 1.807) is 30.3 Å². The van der Waals surface area contributed by atoms with Crippen LogP contribution in [-0.4, -0.2) is 17.7 Å². The van der Waals surface area contributed by atoms with Crippen LogP contribution < -0.4 is 16.0 Å². The minimum absolute atomic E-state index is 0.0877. The Morgan fingerprint density at radius 2 is 1.48 bits per heavy atom. The highest BCUT2D eigenvalue weighted by Gasteiger charge is 2.18. The number of carbonyl (C=O) groups is 3. The van der Waals surface area contributed by atoms with E-state index in [1.165, 1.54) is 6.92 Å². The van der Waals surface area contributed by atoms with E-state index in [1.807, 2.05) is 68.4 Å². The fourth-order valence-corrected chi connectivity index (χ4v) is 3.33. The van der Waals surface area contributed by atoms with Gasteiger partial charge in [0.15, 0.2) is 0 Å². The second-order valence-corrected chi connectivity index (χ2v) is 7.70. The molecular formula is C27H27N3O3. The predicted octanol–water partition coefficient (Wildman–Crippen LogP) is 4.60. The molecule has 3 N–H and O–H groups in total. The Bertz CT molecular complexity index is 1190. The molecule has 0 aromatic heterocycles. The summed E-state index contributed by atoms with van der Waals surface area (Å²) in [6.45, 7) is 5.16. The molecule has 3 amide bonds. The highest BCUT2D eigenvalue weighted by Crippen LogP contribution is 2.19. The largest absolute Gasteiger partial charge is 0.345 e. The van der Waals surface area contributed by atoms with Crippen LogP contribution in [0.4, 0.5) is 5.69 Å². The molecule has 0 spiro atoms. The van der Waals surface area contributed by atoms with E-state index in [9.17, 15) is 14.4 Å². The number of para-hydroxylation sites is 1. The monoisotopic (exact) mass is 441 g/mol. The smallest absolute Gasteiger partial charge is 0.272 e. The van der Waals surface area contributed by atoms with Crippen LogP contribution in [0.2, 0.25) is 0 Å². The van der Waals surface area contributed by atoms with Crippen LogP contribution in [0.1, 0.15) is 46.9 Å². The van der Waals surface area contributed by atoms with Crippen molar-refractivity contribution in [3.63, 3.8) is 0 Å². The third kappa shape index (κ3) is 6.40. The van der Waals surface area contributed by atoms with Gasteiger partial charge in [0.2, 0.25) is 5.91 Å². The highest BCUT2D eigenvalue weighted by molar-refractivity contribution is 6.11. The second-order valence-electron chi connectivity index (χ2n) is 7.70. The Labute approximate surface area is 193 Å². The molecule has 0 bridgehead atoms. The molecule has 1 unspecified atom stereocenters. The Morgan fingerprint density at radius 3 is 2.18 bits per heavy atom. The zero-order valence-electron chi connectivity index (χ0n) is 18.9. The molecule has 0 heterocycles. The van der Waals surface area contributed by atoms with E-state index >= 15 is 0 Å². The number of nitrogens with one attached hydrogen (secondary N) is 3. The molecule has 3 rings (SSSR count). The maximum atomic E-state index is 13.1.